The molecule has 0 fully saturated rings. The van der Waals surface area contributed by atoms with E-state index in [0.29, 0.717) is 12.0 Å². The van der Waals surface area contributed by atoms with E-state index in [1.54, 1.807) is 0 Å². The fourth-order valence-electron chi connectivity index (χ4n) is 2.25. The first-order chi connectivity index (χ1) is 9.19. The molecule has 1 aromatic rings. The molecule has 1 atom stereocenters. The molecule has 1 N–H and O–H groups in total. The summed E-state index contributed by atoms with van der Waals surface area (Å²) < 4.78 is 0. The molecule has 0 aromatic heterocycles. The second-order valence-electron chi connectivity index (χ2n) is 5.45. The van der Waals surface area contributed by atoms with Crippen molar-refractivity contribution in [2.24, 2.45) is 10.9 Å². The number of amidine groups is 1. The van der Waals surface area contributed by atoms with Crippen LogP contribution in [-0.2, 0) is 6.42 Å². The third-order valence-electron chi connectivity index (χ3n) is 3.45. The molecular weight excluding hydrogens is 252 g/mol. The van der Waals surface area contributed by atoms with Gasteiger partial charge in [0.05, 0.1) is 6.04 Å². The highest BCUT2D eigenvalue weighted by molar-refractivity contribution is 8.14. The highest BCUT2D eigenvalue weighted by Gasteiger charge is 2.18. The van der Waals surface area contributed by atoms with Crippen molar-refractivity contribution < 1.29 is 0 Å². The van der Waals surface area contributed by atoms with Crippen LogP contribution in [0.3, 0.4) is 0 Å². The molecule has 0 bridgehead atoms. The van der Waals surface area contributed by atoms with Crippen LogP contribution in [0.5, 0.6) is 0 Å². The van der Waals surface area contributed by atoms with E-state index < -0.39 is 0 Å². The Hall–Kier alpha value is -0.960. The van der Waals surface area contributed by atoms with Crippen molar-refractivity contribution in [3.05, 3.63) is 29.8 Å². The number of benzene rings is 1. The Morgan fingerprint density at radius 2 is 2.05 bits per heavy atom. The number of hydrogen-bond acceptors (Lipinski definition) is 3. The minimum absolute atomic E-state index is 0.475. The molecule has 2 rings (SSSR count). The van der Waals surface area contributed by atoms with Crippen LogP contribution in [0.15, 0.2) is 29.3 Å². The molecule has 0 amide bonds. The molecule has 1 aliphatic rings. The highest BCUT2D eigenvalue weighted by Crippen LogP contribution is 2.23. The molecule has 0 saturated carbocycles. The van der Waals surface area contributed by atoms with E-state index in [0.717, 1.165) is 17.3 Å². The lowest BCUT2D eigenvalue weighted by molar-refractivity contribution is 0.485. The molecule has 0 saturated heterocycles. The molecule has 2 nitrogen and oxygen atoms in total. The Morgan fingerprint density at radius 3 is 2.68 bits per heavy atom. The first-order valence-electron chi connectivity index (χ1n) is 7.25. The van der Waals surface area contributed by atoms with Gasteiger partial charge in [-0.15, -0.1) is 0 Å². The normalized spacial score (nSPS) is 19.4. The van der Waals surface area contributed by atoms with Gasteiger partial charge in [0.2, 0.25) is 0 Å². The standard InChI is InChI=1S/C16H24N2S/c1-4-5-13-6-8-14(9-7-13)17-16-18-15(12(2)3)10-11-19-16/h6-9,12,15H,4-5,10-11H2,1-3H3,(H,17,18). The third kappa shape index (κ3) is 4.27. The predicted octanol–water partition coefficient (Wildman–Crippen LogP) is 4.57. The lowest BCUT2D eigenvalue weighted by Gasteiger charge is -2.23. The molecule has 19 heavy (non-hydrogen) atoms. The molecular formula is C16H24N2S. The highest BCUT2D eigenvalue weighted by atomic mass is 32.2. The molecule has 104 valence electrons. The summed E-state index contributed by atoms with van der Waals surface area (Å²) in [7, 11) is 0. The maximum absolute atomic E-state index is 4.80. The minimum atomic E-state index is 0.475. The summed E-state index contributed by atoms with van der Waals surface area (Å²) in [5, 5.41) is 4.53. The van der Waals surface area contributed by atoms with Crippen LogP contribution >= 0.6 is 11.8 Å². The van der Waals surface area contributed by atoms with Gasteiger partial charge in [-0.05, 0) is 36.5 Å². The molecule has 0 spiro atoms. The summed E-state index contributed by atoms with van der Waals surface area (Å²) in [5.41, 5.74) is 2.56. The largest absolute Gasteiger partial charge is 0.335 e. The Morgan fingerprint density at radius 1 is 1.32 bits per heavy atom. The van der Waals surface area contributed by atoms with Crippen LogP contribution in [-0.4, -0.2) is 17.0 Å². The van der Waals surface area contributed by atoms with Crippen molar-refractivity contribution in [3.8, 4) is 0 Å². The Kier molecular flexibility index (Phi) is 5.32. The van der Waals surface area contributed by atoms with Crippen molar-refractivity contribution >= 4 is 22.6 Å². The monoisotopic (exact) mass is 276 g/mol. The van der Waals surface area contributed by atoms with Crippen molar-refractivity contribution in [2.75, 3.05) is 11.1 Å². The van der Waals surface area contributed by atoms with Crippen molar-refractivity contribution in [1.82, 2.24) is 0 Å². The zero-order valence-corrected chi connectivity index (χ0v) is 13.0. The van der Waals surface area contributed by atoms with Gasteiger partial charge >= 0.3 is 0 Å². The Balaban J connectivity index is 2.00. The second kappa shape index (κ2) is 6.99. The fourth-order valence-corrected chi connectivity index (χ4v) is 3.20. The molecule has 0 radical (unpaired) electrons. The number of hydrogen-bond donors (Lipinski definition) is 1. The van der Waals surface area contributed by atoms with Crippen molar-refractivity contribution in [1.29, 1.82) is 0 Å². The van der Waals surface area contributed by atoms with Gasteiger partial charge in [-0.25, -0.2) is 0 Å². The van der Waals surface area contributed by atoms with Gasteiger partial charge in [0.25, 0.3) is 0 Å². The second-order valence-corrected chi connectivity index (χ2v) is 6.54. The van der Waals surface area contributed by atoms with E-state index >= 15 is 0 Å². The van der Waals surface area contributed by atoms with E-state index in [1.807, 2.05) is 11.8 Å². The number of nitrogens with one attached hydrogen (secondary N) is 1. The molecule has 1 aliphatic heterocycles. The van der Waals surface area contributed by atoms with Crippen LogP contribution in [0, 0.1) is 5.92 Å². The lowest BCUT2D eigenvalue weighted by atomic mass is 10.0. The summed E-state index contributed by atoms with van der Waals surface area (Å²) in [5.74, 6) is 1.80. The summed E-state index contributed by atoms with van der Waals surface area (Å²) in [6.07, 6.45) is 3.56. The lowest BCUT2D eigenvalue weighted by Crippen LogP contribution is -2.23. The first-order valence-corrected chi connectivity index (χ1v) is 8.24. The zero-order valence-electron chi connectivity index (χ0n) is 12.1. The van der Waals surface area contributed by atoms with Crippen LogP contribution in [0.25, 0.3) is 0 Å². The average molecular weight is 276 g/mol. The van der Waals surface area contributed by atoms with E-state index in [4.69, 9.17) is 4.99 Å². The summed E-state index contributed by atoms with van der Waals surface area (Å²) >= 11 is 1.83. The van der Waals surface area contributed by atoms with Gasteiger partial charge in [-0.2, -0.15) is 0 Å². The van der Waals surface area contributed by atoms with Gasteiger partial charge in [0.1, 0.15) is 0 Å². The molecule has 1 unspecified atom stereocenters. The zero-order chi connectivity index (χ0) is 13.7. The minimum Gasteiger partial charge on any atom is -0.335 e. The van der Waals surface area contributed by atoms with E-state index in [9.17, 15) is 0 Å². The number of aryl methyl sites for hydroxylation is 1. The first kappa shape index (κ1) is 14.4. The van der Waals surface area contributed by atoms with Crippen LogP contribution in [0.1, 0.15) is 39.2 Å². The molecule has 1 heterocycles. The summed E-state index contributed by atoms with van der Waals surface area (Å²) in [6, 6.07) is 9.21. The van der Waals surface area contributed by atoms with Crippen molar-refractivity contribution in [3.63, 3.8) is 0 Å². The summed E-state index contributed by atoms with van der Waals surface area (Å²) in [6.45, 7) is 6.72. The topological polar surface area (TPSA) is 24.4 Å². The van der Waals surface area contributed by atoms with E-state index in [-0.39, 0.29) is 0 Å². The number of thioether (sulfide) groups is 1. The fraction of sp³-hybridized carbons (Fsp3) is 0.562. The number of anilines is 1. The Bertz CT molecular complexity index is 423. The molecule has 1 aromatic carbocycles. The van der Waals surface area contributed by atoms with Gasteiger partial charge in [0, 0.05) is 11.4 Å². The van der Waals surface area contributed by atoms with E-state index in [2.05, 4.69) is 50.4 Å². The van der Waals surface area contributed by atoms with E-state index in [1.165, 1.54) is 24.2 Å². The quantitative estimate of drug-likeness (QED) is 0.871. The third-order valence-corrected chi connectivity index (χ3v) is 4.37. The van der Waals surface area contributed by atoms with Gasteiger partial charge < -0.3 is 5.32 Å². The van der Waals surface area contributed by atoms with Crippen molar-refractivity contribution in [2.45, 2.75) is 46.1 Å². The van der Waals surface area contributed by atoms with Crippen LogP contribution in [0.2, 0.25) is 0 Å². The molecule has 3 heteroatoms. The number of aliphatic imine (C=N–C) groups is 1. The average Bonchev–Trinajstić information content (AvgIpc) is 2.42. The van der Waals surface area contributed by atoms with Crippen LogP contribution in [0.4, 0.5) is 5.69 Å². The van der Waals surface area contributed by atoms with Gasteiger partial charge in [-0.1, -0.05) is 51.1 Å². The van der Waals surface area contributed by atoms with Gasteiger partial charge in [-0.3, -0.25) is 4.99 Å². The molecule has 0 aliphatic carbocycles. The maximum atomic E-state index is 4.80. The number of rotatable bonds is 4. The maximum Gasteiger partial charge on any atom is 0.161 e. The van der Waals surface area contributed by atoms with Gasteiger partial charge in [0.15, 0.2) is 5.17 Å². The smallest absolute Gasteiger partial charge is 0.161 e. The number of nitrogens with zero attached hydrogens (tertiary/aromatic N) is 1. The summed E-state index contributed by atoms with van der Waals surface area (Å²) in [4.78, 5) is 4.80. The SMILES string of the molecule is CCCc1ccc(NC2=NC(C(C)C)CCS2)cc1. The Labute approximate surface area is 121 Å². The predicted molar refractivity (Wildman–Crippen MR) is 87.2 cm³/mol. The van der Waals surface area contributed by atoms with Crippen LogP contribution < -0.4 is 5.32 Å².